The normalized spacial score (nSPS) is 10.4. The van der Waals surface area contributed by atoms with Crippen molar-refractivity contribution in [1.29, 1.82) is 0 Å². The summed E-state index contributed by atoms with van der Waals surface area (Å²) in [6.07, 6.45) is 0. The first-order valence-corrected chi connectivity index (χ1v) is 4.48. The van der Waals surface area contributed by atoms with Crippen molar-refractivity contribution in [2.24, 2.45) is 5.73 Å². The molecule has 0 amide bonds. The van der Waals surface area contributed by atoms with Gasteiger partial charge >= 0.3 is 0 Å². The van der Waals surface area contributed by atoms with Crippen molar-refractivity contribution in [3.05, 3.63) is 25.9 Å². The molecule has 0 fully saturated rings. The van der Waals surface area contributed by atoms with Crippen LogP contribution in [0, 0.1) is 0 Å². The van der Waals surface area contributed by atoms with E-state index in [0.29, 0.717) is 5.69 Å². The van der Waals surface area contributed by atoms with Crippen LogP contribution in [0.15, 0.2) is 0 Å². The molecule has 2 N–H and O–H groups in total. The van der Waals surface area contributed by atoms with E-state index in [0.717, 1.165) is 0 Å². The Morgan fingerprint density at radius 3 is 2.08 bits per heavy atom. The third kappa shape index (κ3) is 1.78. The maximum Gasteiger partial charge on any atom is 0.149 e. The van der Waals surface area contributed by atoms with E-state index in [2.05, 4.69) is 4.98 Å². The third-order valence-electron chi connectivity index (χ3n) is 1.25. The van der Waals surface area contributed by atoms with Crippen LogP contribution in [0.25, 0.3) is 0 Å². The molecular formula is C6H4Cl4N2. The van der Waals surface area contributed by atoms with Crippen molar-refractivity contribution in [2.75, 3.05) is 0 Å². The van der Waals surface area contributed by atoms with Crippen molar-refractivity contribution < 1.29 is 0 Å². The van der Waals surface area contributed by atoms with Gasteiger partial charge in [-0.05, 0) is 0 Å². The fraction of sp³-hybridized carbons (Fsp3) is 0.167. The summed E-state index contributed by atoms with van der Waals surface area (Å²) >= 11 is 22.8. The average molecular weight is 246 g/mol. The molecule has 0 aliphatic carbocycles. The van der Waals surface area contributed by atoms with Gasteiger partial charge in [0.25, 0.3) is 0 Å². The van der Waals surface area contributed by atoms with Crippen molar-refractivity contribution in [3.8, 4) is 0 Å². The fourth-order valence-electron chi connectivity index (χ4n) is 0.665. The number of halogens is 4. The van der Waals surface area contributed by atoms with Gasteiger partial charge in [-0.2, -0.15) is 0 Å². The molecule has 0 unspecified atom stereocenters. The highest BCUT2D eigenvalue weighted by Gasteiger charge is 2.13. The smallest absolute Gasteiger partial charge is 0.149 e. The lowest BCUT2D eigenvalue weighted by Crippen LogP contribution is -2.01. The van der Waals surface area contributed by atoms with Gasteiger partial charge in [0.2, 0.25) is 0 Å². The Bertz CT molecular complexity index is 313. The number of pyridine rings is 1. The zero-order valence-corrected chi connectivity index (χ0v) is 8.77. The molecule has 0 radical (unpaired) electrons. The number of nitrogens with two attached hydrogens (primary N) is 1. The van der Waals surface area contributed by atoms with Gasteiger partial charge < -0.3 is 5.73 Å². The Labute approximate surface area is 89.6 Å². The zero-order chi connectivity index (χ0) is 9.30. The fourth-order valence-corrected chi connectivity index (χ4v) is 1.51. The minimum atomic E-state index is 0.117. The van der Waals surface area contributed by atoms with E-state index in [-0.39, 0.29) is 26.8 Å². The molecule has 0 aliphatic rings. The number of nitrogens with zero attached hydrogens (tertiary/aromatic N) is 1. The van der Waals surface area contributed by atoms with E-state index in [9.17, 15) is 0 Å². The Kier molecular flexibility index (Phi) is 3.44. The highest BCUT2D eigenvalue weighted by Crippen LogP contribution is 2.35. The van der Waals surface area contributed by atoms with Crippen molar-refractivity contribution >= 4 is 46.4 Å². The van der Waals surface area contributed by atoms with Crippen LogP contribution in [0.5, 0.6) is 0 Å². The summed E-state index contributed by atoms with van der Waals surface area (Å²) < 4.78 is 0. The minimum absolute atomic E-state index is 0.117. The molecule has 1 rings (SSSR count). The molecule has 0 saturated heterocycles. The predicted octanol–water partition coefficient (Wildman–Crippen LogP) is 3.15. The Morgan fingerprint density at radius 1 is 1.00 bits per heavy atom. The second-order valence-electron chi connectivity index (χ2n) is 2.00. The molecule has 0 aliphatic heterocycles. The average Bonchev–Trinajstić information content (AvgIpc) is 2.08. The van der Waals surface area contributed by atoms with Gasteiger partial charge in [-0.3, -0.25) is 0 Å². The molecule has 0 saturated carbocycles. The molecule has 6 heteroatoms. The van der Waals surface area contributed by atoms with Crippen molar-refractivity contribution in [2.45, 2.75) is 6.54 Å². The van der Waals surface area contributed by atoms with Gasteiger partial charge in [-0.25, -0.2) is 4.98 Å². The van der Waals surface area contributed by atoms with Gasteiger partial charge in [0.1, 0.15) is 5.15 Å². The van der Waals surface area contributed by atoms with Crippen LogP contribution >= 0.6 is 46.4 Å². The molecule has 0 atom stereocenters. The monoisotopic (exact) mass is 244 g/mol. The van der Waals surface area contributed by atoms with E-state index in [4.69, 9.17) is 52.1 Å². The van der Waals surface area contributed by atoms with Crippen molar-refractivity contribution in [3.63, 3.8) is 0 Å². The summed E-state index contributed by atoms with van der Waals surface area (Å²) in [5, 5.41) is 0.722. The Morgan fingerprint density at radius 2 is 1.58 bits per heavy atom. The van der Waals surface area contributed by atoms with E-state index >= 15 is 0 Å². The van der Waals surface area contributed by atoms with Crippen molar-refractivity contribution in [1.82, 2.24) is 4.98 Å². The van der Waals surface area contributed by atoms with Crippen LogP contribution in [0.3, 0.4) is 0 Å². The molecule has 0 aromatic carbocycles. The molecule has 0 spiro atoms. The van der Waals surface area contributed by atoms with Crippen LogP contribution < -0.4 is 5.73 Å². The van der Waals surface area contributed by atoms with E-state index in [1.165, 1.54) is 0 Å². The predicted molar refractivity (Wildman–Crippen MR) is 52.2 cm³/mol. The maximum absolute atomic E-state index is 5.75. The van der Waals surface area contributed by atoms with Gasteiger partial charge in [-0.1, -0.05) is 46.4 Å². The van der Waals surface area contributed by atoms with E-state index < -0.39 is 0 Å². The van der Waals surface area contributed by atoms with Crippen LogP contribution in [-0.4, -0.2) is 4.98 Å². The maximum atomic E-state index is 5.75. The quantitative estimate of drug-likeness (QED) is 0.773. The highest BCUT2D eigenvalue weighted by atomic mass is 35.5. The summed E-state index contributed by atoms with van der Waals surface area (Å²) in [5.74, 6) is 0. The van der Waals surface area contributed by atoms with Crippen LogP contribution in [-0.2, 0) is 6.54 Å². The van der Waals surface area contributed by atoms with Crippen LogP contribution in [0.2, 0.25) is 20.2 Å². The number of hydrogen-bond donors (Lipinski definition) is 1. The molecule has 1 heterocycles. The zero-order valence-electron chi connectivity index (χ0n) is 5.74. The van der Waals surface area contributed by atoms with Gasteiger partial charge in [0.05, 0.1) is 20.8 Å². The first-order valence-electron chi connectivity index (χ1n) is 2.96. The van der Waals surface area contributed by atoms with E-state index in [1.54, 1.807) is 0 Å². The Hall–Kier alpha value is 0.270. The van der Waals surface area contributed by atoms with Gasteiger partial charge in [-0.15, -0.1) is 0 Å². The van der Waals surface area contributed by atoms with E-state index in [1.807, 2.05) is 0 Å². The van der Waals surface area contributed by atoms with Gasteiger partial charge in [0, 0.05) is 6.54 Å². The second-order valence-corrected chi connectivity index (χ2v) is 3.49. The minimum Gasteiger partial charge on any atom is -0.325 e. The molecular weight excluding hydrogens is 242 g/mol. The standard InChI is InChI=1S/C6H4Cl4N2/c7-3-2(1-11)12-6(10)5(9)4(3)8/h1,11H2. The summed E-state index contributed by atoms with van der Waals surface area (Å²) in [4.78, 5) is 3.84. The second kappa shape index (κ2) is 3.99. The number of aromatic nitrogens is 1. The first kappa shape index (κ1) is 10.4. The molecule has 1 aromatic heterocycles. The largest absolute Gasteiger partial charge is 0.325 e. The van der Waals surface area contributed by atoms with Crippen LogP contribution in [0.4, 0.5) is 0 Å². The molecule has 2 nitrogen and oxygen atoms in total. The summed E-state index contributed by atoms with van der Waals surface area (Å²) in [6.45, 7) is 0.176. The number of rotatable bonds is 1. The highest BCUT2D eigenvalue weighted by molar-refractivity contribution is 6.51. The molecule has 12 heavy (non-hydrogen) atoms. The summed E-state index contributed by atoms with van der Waals surface area (Å²) in [5.41, 5.74) is 5.77. The number of hydrogen-bond acceptors (Lipinski definition) is 2. The topological polar surface area (TPSA) is 38.9 Å². The SMILES string of the molecule is NCc1nc(Cl)c(Cl)c(Cl)c1Cl. The lowest BCUT2D eigenvalue weighted by molar-refractivity contribution is 0.991. The molecule has 1 aromatic rings. The lowest BCUT2D eigenvalue weighted by atomic mass is 10.3. The summed E-state index contributed by atoms with van der Waals surface area (Å²) in [6, 6.07) is 0. The van der Waals surface area contributed by atoms with Crippen LogP contribution in [0.1, 0.15) is 5.69 Å². The lowest BCUT2D eigenvalue weighted by Gasteiger charge is -2.05. The molecule has 0 bridgehead atoms. The van der Waals surface area contributed by atoms with Gasteiger partial charge in [0.15, 0.2) is 0 Å². The first-order chi connectivity index (χ1) is 5.57. The summed E-state index contributed by atoms with van der Waals surface area (Å²) in [7, 11) is 0. The third-order valence-corrected chi connectivity index (χ3v) is 2.96. The Balaban J connectivity index is 3.39. The molecule has 66 valence electrons.